The number of aliphatic hydroxyl groups is 1. The van der Waals surface area contributed by atoms with Crippen molar-refractivity contribution in [2.75, 3.05) is 11.9 Å². The lowest BCUT2D eigenvalue weighted by atomic mass is 10.1. The van der Waals surface area contributed by atoms with Crippen molar-refractivity contribution in [1.29, 1.82) is 0 Å². The van der Waals surface area contributed by atoms with Gasteiger partial charge < -0.3 is 10.0 Å². The third-order valence-corrected chi connectivity index (χ3v) is 2.96. The lowest BCUT2D eigenvalue weighted by molar-refractivity contribution is 0.199. The molecule has 0 aliphatic heterocycles. The molecule has 0 aliphatic carbocycles. The Morgan fingerprint density at radius 2 is 1.95 bits per heavy atom. The Balaban J connectivity index is 2.20. The Bertz CT molecular complexity index is 540. The van der Waals surface area contributed by atoms with Crippen LogP contribution >= 0.6 is 0 Å². The topological polar surface area (TPSA) is 36.4 Å². The normalized spacial score (nSPS) is 12.2. The first-order valence-electron chi connectivity index (χ1n) is 6.16. The van der Waals surface area contributed by atoms with Crippen LogP contribution in [0.1, 0.15) is 24.2 Å². The Labute approximate surface area is 112 Å². The van der Waals surface area contributed by atoms with Gasteiger partial charge in [-0.3, -0.25) is 0 Å². The molecular formula is C15H17FN2O. The fraction of sp³-hybridized carbons (Fsp3) is 0.267. The molecule has 0 unspecified atom stereocenters. The van der Waals surface area contributed by atoms with Crippen molar-refractivity contribution in [3.63, 3.8) is 0 Å². The van der Waals surface area contributed by atoms with Crippen LogP contribution in [0.5, 0.6) is 0 Å². The van der Waals surface area contributed by atoms with Crippen LogP contribution in [0, 0.1) is 5.82 Å². The second kappa shape index (κ2) is 5.80. The standard InChI is InChI=1S/C15H17FN2O/c1-11(19)14-4-3-9-17-15(14)18(2)10-12-5-7-13(16)8-6-12/h3-9,11,19H,10H2,1-2H3/t11-/m0/s1. The Hall–Kier alpha value is -1.94. The highest BCUT2D eigenvalue weighted by molar-refractivity contribution is 5.47. The molecule has 1 aromatic heterocycles. The fourth-order valence-electron chi connectivity index (χ4n) is 1.99. The van der Waals surface area contributed by atoms with Gasteiger partial charge in [-0.25, -0.2) is 9.37 Å². The van der Waals surface area contributed by atoms with E-state index in [0.717, 1.165) is 16.9 Å². The molecule has 0 amide bonds. The van der Waals surface area contributed by atoms with E-state index in [0.29, 0.717) is 6.54 Å². The van der Waals surface area contributed by atoms with Crippen LogP contribution in [0.15, 0.2) is 42.6 Å². The van der Waals surface area contributed by atoms with E-state index in [2.05, 4.69) is 4.98 Å². The van der Waals surface area contributed by atoms with Gasteiger partial charge in [0.15, 0.2) is 0 Å². The largest absolute Gasteiger partial charge is 0.389 e. The first-order chi connectivity index (χ1) is 9.08. The Morgan fingerprint density at radius 3 is 2.58 bits per heavy atom. The molecule has 0 bridgehead atoms. The molecule has 0 fully saturated rings. The average molecular weight is 260 g/mol. The molecule has 3 nitrogen and oxygen atoms in total. The van der Waals surface area contributed by atoms with Crippen molar-refractivity contribution in [2.24, 2.45) is 0 Å². The summed E-state index contributed by atoms with van der Waals surface area (Å²) in [6.45, 7) is 2.32. The van der Waals surface area contributed by atoms with Crippen molar-refractivity contribution in [2.45, 2.75) is 19.6 Å². The van der Waals surface area contributed by atoms with Gasteiger partial charge in [-0.15, -0.1) is 0 Å². The van der Waals surface area contributed by atoms with E-state index in [1.54, 1.807) is 31.3 Å². The molecule has 4 heteroatoms. The SMILES string of the molecule is C[C@H](O)c1cccnc1N(C)Cc1ccc(F)cc1. The lowest BCUT2D eigenvalue weighted by Crippen LogP contribution is -2.20. The van der Waals surface area contributed by atoms with Crippen LogP contribution < -0.4 is 4.90 Å². The van der Waals surface area contributed by atoms with E-state index >= 15 is 0 Å². The maximum Gasteiger partial charge on any atom is 0.134 e. The van der Waals surface area contributed by atoms with Crippen LogP contribution in [0.3, 0.4) is 0 Å². The molecule has 0 radical (unpaired) electrons. The van der Waals surface area contributed by atoms with Gasteiger partial charge in [-0.2, -0.15) is 0 Å². The smallest absolute Gasteiger partial charge is 0.134 e. The Morgan fingerprint density at radius 1 is 1.26 bits per heavy atom. The van der Waals surface area contributed by atoms with Crippen molar-refractivity contribution in [3.05, 3.63) is 59.5 Å². The van der Waals surface area contributed by atoms with Crippen LogP contribution in [-0.4, -0.2) is 17.1 Å². The highest BCUT2D eigenvalue weighted by Crippen LogP contribution is 2.23. The van der Waals surface area contributed by atoms with E-state index < -0.39 is 6.10 Å². The zero-order valence-electron chi connectivity index (χ0n) is 11.0. The molecular weight excluding hydrogens is 243 g/mol. The van der Waals surface area contributed by atoms with Gasteiger partial charge in [-0.05, 0) is 30.7 Å². The summed E-state index contributed by atoms with van der Waals surface area (Å²) in [6.07, 6.45) is 1.13. The number of benzene rings is 1. The summed E-state index contributed by atoms with van der Waals surface area (Å²) in [6, 6.07) is 10.0. The monoisotopic (exact) mass is 260 g/mol. The van der Waals surface area contributed by atoms with E-state index in [4.69, 9.17) is 0 Å². The molecule has 0 saturated carbocycles. The molecule has 0 aliphatic rings. The van der Waals surface area contributed by atoms with Gasteiger partial charge in [0.25, 0.3) is 0 Å². The molecule has 0 spiro atoms. The van der Waals surface area contributed by atoms with E-state index in [1.807, 2.05) is 18.0 Å². The molecule has 19 heavy (non-hydrogen) atoms. The number of rotatable bonds is 4. The summed E-state index contributed by atoms with van der Waals surface area (Å²) in [5, 5.41) is 9.74. The number of halogens is 1. The highest BCUT2D eigenvalue weighted by atomic mass is 19.1. The van der Waals surface area contributed by atoms with E-state index in [1.165, 1.54) is 12.1 Å². The zero-order chi connectivity index (χ0) is 13.8. The molecule has 1 N–H and O–H groups in total. The maximum atomic E-state index is 12.9. The van der Waals surface area contributed by atoms with Gasteiger partial charge in [0.1, 0.15) is 11.6 Å². The van der Waals surface area contributed by atoms with Crippen LogP contribution in [0.25, 0.3) is 0 Å². The minimum Gasteiger partial charge on any atom is -0.389 e. The summed E-state index contributed by atoms with van der Waals surface area (Å²) in [5.41, 5.74) is 1.78. The van der Waals surface area contributed by atoms with Crippen LogP contribution in [0.4, 0.5) is 10.2 Å². The van der Waals surface area contributed by atoms with Gasteiger partial charge in [-0.1, -0.05) is 18.2 Å². The fourth-order valence-corrected chi connectivity index (χ4v) is 1.99. The first kappa shape index (κ1) is 13.5. The number of aliphatic hydroxyl groups excluding tert-OH is 1. The summed E-state index contributed by atoms with van der Waals surface area (Å²) >= 11 is 0. The average Bonchev–Trinajstić information content (AvgIpc) is 2.41. The first-order valence-corrected chi connectivity index (χ1v) is 6.16. The van der Waals surface area contributed by atoms with Crippen molar-refractivity contribution < 1.29 is 9.50 Å². The number of nitrogens with zero attached hydrogens (tertiary/aromatic N) is 2. The third-order valence-electron chi connectivity index (χ3n) is 2.96. The number of aromatic nitrogens is 1. The summed E-state index contributed by atoms with van der Waals surface area (Å²) in [4.78, 5) is 6.25. The zero-order valence-corrected chi connectivity index (χ0v) is 11.0. The van der Waals surface area contributed by atoms with Crippen molar-refractivity contribution >= 4 is 5.82 Å². The summed E-state index contributed by atoms with van der Waals surface area (Å²) in [5.74, 6) is 0.496. The van der Waals surface area contributed by atoms with Crippen molar-refractivity contribution in [3.8, 4) is 0 Å². The second-order valence-corrected chi connectivity index (χ2v) is 4.57. The Kier molecular flexibility index (Phi) is 4.12. The third kappa shape index (κ3) is 3.29. The van der Waals surface area contributed by atoms with E-state index in [9.17, 15) is 9.50 Å². The van der Waals surface area contributed by atoms with Gasteiger partial charge >= 0.3 is 0 Å². The van der Waals surface area contributed by atoms with Crippen molar-refractivity contribution in [1.82, 2.24) is 4.98 Å². The minimum atomic E-state index is -0.570. The molecule has 1 atom stereocenters. The lowest BCUT2D eigenvalue weighted by Gasteiger charge is -2.22. The molecule has 2 rings (SSSR count). The molecule has 2 aromatic rings. The maximum absolute atomic E-state index is 12.9. The molecule has 1 heterocycles. The second-order valence-electron chi connectivity index (χ2n) is 4.57. The predicted octanol–water partition coefficient (Wildman–Crippen LogP) is 2.91. The molecule has 0 saturated heterocycles. The predicted molar refractivity (Wildman–Crippen MR) is 73.4 cm³/mol. The van der Waals surface area contributed by atoms with Gasteiger partial charge in [0, 0.05) is 25.4 Å². The van der Waals surface area contributed by atoms with Gasteiger partial charge in [0.2, 0.25) is 0 Å². The quantitative estimate of drug-likeness (QED) is 0.918. The number of hydrogen-bond donors (Lipinski definition) is 1. The molecule has 100 valence electrons. The van der Waals surface area contributed by atoms with Crippen LogP contribution in [-0.2, 0) is 6.54 Å². The summed E-state index contributed by atoms with van der Waals surface area (Å²) < 4.78 is 12.9. The summed E-state index contributed by atoms with van der Waals surface area (Å²) in [7, 11) is 1.90. The number of hydrogen-bond acceptors (Lipinski definition) is 3. The highest BCUT2D eigenvalue weighted by Gasteiger charge is 2.12. The number of anilines is 1. The van der Waals surface area contributed by atoms with Crippen LogP contribution in [0.2, 0.25) is 0 Å². The molecule has 1 aromatic carbocycles. The van der Waals surface area contributed by atoms with E-state index in [-0.39, 0.29) is 5.82 Å². The number of pyridine rings is 1. The van der Waals surface area contributed by atoms with Gasteiger partial charge in [0.05, 0.1) is 6.10 Å². The minimum absolute atomic E-state index is 0.242.